The molecule has 0 aliphatic rings. The topological polar surface area (TPSA) is 106 Å². The van der Waals surface area contributed by atoms with E-state index in [0.29, 0.717) is 5.56 Å². The van der Waals surface area contributed by atoms with Gasteiger partial charge in [0.25, 0.3) is 5.69 Å². The van der Waals surface area contributed by atoms with Crippen molar-refractivity contribution < 1.29 is 14.8 Å². The molecule has 0 fully saturated rings. The first-order valence-corrected chi connectivity index (χ1v) is 4.13. The molecule has 0 saturated carbocycles. The van der Waals surface area contributed by atoms with Gasteiger partial charge in [-0.25, -0.2) is 4.79 Å². The first-order valence-electron chi connectivity index (χ1n) is 4.13. The Hall–Kier alpha value is -2.11. The molecule has 0 saturated heterocycles. The summed E-state index contributed by atoms with van der Waals surface area (Å²) >= 11 is 0. The average molecular weight is 210 g/mol. The number of nitro groups is 1. The van der Waals surface area contributed by atoms with Crippen LogP contribution in [0.5, 0.6) is 0 Å². The highest BCUT2D eigenvalue weighted by Gasteiger charge is 2.23. The molecule has 0 atom stereocenters. The molecule has 3 N–H and O–H groups in total. The summed E-state index contributed by atoms with van der Waals surface area (Å²) in [6.07, 6.45) is 0. The van der Waals surface area contributed by atoms with Gasteiger partial charge in [-0.1, -0.05) is 0 Å². The summed E-state index contributed by atoms with van der Waals surface area (Å²) in [5.74, 6) is -1.20. The van der Waals surface area contributed by atoms with Crippen LogP contribution in [-0.2, 0) is 0 Å². The van der Waals surface area contributed by atoms with Gasteiger partial charge in [0.05, 0.1) is 10.5 Å². The molecule has 0 unspecified atom stereocenters. The number of rotatable bonds is 2. The number of nitrogen functional groups attached to an aromatic ring is 1. The van der Waals surface area contributed by atoms with Crippen molar-refractivity contribution in [2.24, 2.45) is 0 Å². The Kier molecular flexibility index (Phi) is 2.61. The van der Waals surface area contributed by atoms with Gasteiger partial charge in [-0.05, 0) is 25.5 Å². The zero-order valence-electron chi connectivity index (χ0n) is 8.27. The van der Waals surface area contributed by atoms with Crippen LogP contribution in [0.3, 0.4) is 0 Å². The Morgan fingerprint density at radius 1 is 1.53 bits per heavy atom. The highest BCUT2D eigenvalue weighted by Crippen LogP contribution is 2.31. The number of carboxylic acids is 1. The zero-order valence-corrected chi connectivity index (χ0v) is 8.27. The third-order valence-corrected chi connectivity index (χ3v) is 2.21. The average Bonchev–Trinajstić information content (AvgIpc) is 2.10. The van der Waals surface area contributed by atoms with Crippen molar-refractivity contribution >= 4 is 17.3 Å². The maximum absolute atomic E-state index is 10.8. The van der Waals surface area contributed by atoms with Crippen molar-refractivity contribution in [2.75, 3.05) is 5.73 Å². The van der Waals surface area contributed by atoms with Crippen molar-refractivity contribution in [3.8, 4) is 0 Å². The Balaban J connectivity index is 3.63. The van der Waals surface area contributed by atoms with Crippen LogP contribution in [0.1, 0.15) is 21.5 Å². The van der Waals surface area contributed by atoms with Crippen LogP contribution in [0.2, 0.25) is 0 Å². The lowest BCUT2D eigenvalue weighted by Gasteiger charge is -2.07. The zero-order chi connectivity index (χ0) is 11.7. The number of anilines is 1. The number of aryl methyl sites for hydroxylation is 1. The standard InChI is InChI=1S/C9H10N2O4/c1-4-3-6(9(12)13)5(2)8(7(4)10)11(14)15/h3H,10H2,1-2H3,(H,12,13). The first-order chi connectivity index (χ1) is 6.86. The Morgan fingerprint density at radius 3 is 2.47 bits per heavy atom. The van der Waals surface area contributed by atoms with Gasteiger partial charge >= 0.3 is 5.97 Å². The Morgan fingerprint density at radius 2 is 2.07 bits per heavy atom. The van der Waals surface area contributed by atoms with Crippen molar-refractivity contribution in [2.45, 2.75) is 13.8 Å². The van der Waals surface area contributed by atoms with Crippen LogP contribution < -0.4 is 5.73 Å². The number of benzene rings is 1. The lowest BCUT2D eigenvalue weighted by molar-refractivity contribution is -0.384. The molecule has 0 aliphatic heterocycles. The molecule has 1 rings (SSSR count). The number of hydrogen-bond acceptors (Lipinski definition) is 4. The molecular weight excluding hydrogens is 200 g/mol. The third kappa shape index (κ3) is 1.74. The molecule has 15 heavy (non-hydrogen) atoms. The summed E-state index contributed by atoms with van der Waals surface area (Å²) in [6.45, 7) is 2.91. The van der Waals surface area contributed by atoms with Crippen molar-refractivity contribution in [1.29, 1.82) is 0 Å². The van der Waals surface area contributed by atoms with E-state index in [1.165, 1.54) is 19.9 Å². The molecule has 0 bridgehead atoms. The van der Waals surface area contributed by atoms with E-state index < -0.39 is 10.9 Å². The number of aromatic carboxylic acids is 1. The highest BCUT2D eigenvalue weighted by molar-refractivity contribution is 5.92. The Bertz CT molecular complexity index is 454. The van der Waals surface area contributed by atoms with Crippen molar-refractivity contribution in [3.63, 3.8) is 0 Å². The molecule has 0 aliphatic carbocycles. The monoisotopic (exact) mass is 210 g/mol. The molecule has 0 spiro atoms. The third-order valence-electron chi connectivity index (χ3n) is 2.21. The van der Waals surface area contributed by atoms with E-state index in [1.54, 1.807) is 0 Å². The van der Waals surface area contributed by atoms with E-state index in [0.717, 1.165) is 0 Å². The van der Waals surface area contributed by atoms with Gasteiger partial charge in [-0.15, -0.1) is 0 Å². The van der Waals surface area contributed by atoms with E-state index in [4.69, 9.17) is 10.8 Å². The van der Waals surface area contributed by atoms with E-state index in [2.05, 4.69) is 0 Å². The minimum Gasteiger partial charge on any atom is -0.478 e. The molecule has 0 amide bonds. The van der Waals surface area contributed by atoms with Crippen LogP contribution in [0.4, 0.5) is 11.4 Å². The molecule has 0 aromatic heterocycles. The Labute approximate surface area is 85.5 Å². The van der Waals surface area contributed by atoms with Gasteiger partial charge in [-0.2, -0.15) is 0 Å². The minimum atomic E-state index is -1.20. The van der Waals surface area contributed by atoms with E-state index in [1.807, 2.05) is 0 Å². The van der Waals surface area contributed by atoms with Crippen LogP contribution in [0.15, 0.2) is 6.07 Å². The number of hydrogen-bond donors (Lipinski definition) is 2. The molecule has 1 aromatic rings. The summed E-state index contributed by atoms with van der Waals surface area (Å²) in [4.78, 5) is 20.8. The summed E-state index contributed by atoms with van der Waals surface area (Å²) < 4.78 is 0. The molecule has 6 heteroatoms. The molecule has 80 valence electrons. The van der Waals surface area contributed by atoms with Gasteiger partial charge < -0.3 is 10.8 Å². The summed E-state index contributed by atoms with van der Waals surface area (Å²) in [5, 5.41) is 19.5. The van der Waals surface area contributed by atoms with Crippen molar-refractivity contribution in [3.05, 3.63) is 32.9 Å². The summed E-state index contributed by atoms with van der Waals surface area (Å²) in [6, 6.07) is 1.33. The second-order valence-electron chi connectivity index (χ2n) is 3.19. The van der Waals surface area contributed by atoms with E-state index in [-0.39, 0.29) is 22.5 Å². The van der Waals surface area contributed by atoms with Crippen LogP contribution in [-0.4, -0.2) is 16.0 Å². The molecule has 0 heterocycles. The number of nitrogens with zero attached hydrogens (tertiary/aromatic N) is 1. The fraction of sp³-hybridized carbons (Fsp3) is 0.222. The summed E-state index contributed by atoms with van der Waals surface area (Å²) in [7, 11) is 0. The van der Waals surface area contributed by atoms with Gasteiger partial charge in [0.15, 0.2) is 0 Å². The van der Waals surface area contributed by atoms with Gasteiger partial charge in [-0.3, -0.25) is 10.1 Å². The quantitative estimate of drug-likeness (QED) is 0.437. The van der Waals surface area contributed by atoms with Crippen LogP contribution in [0.25, 0.3) is 0 Å². The predicted molar refractivity (Wildman–Crippen MR) is 53.9 cm³/mol. The largest absolute Gasteiger partial charge is 0.478 e. The normalized spacial score (nSPS) is 10.0. The fourth-order valence-corrected chi connectivity index (χ4v) is 1.38. The fourth-order valence-electron chi connectivity index (χ4n) is 1.38. The number of carbonyl (C=O) groups is 1. The SMILES string of the molecule is Cc1cc(C(=O)O)c(C)c([N+](=O)[O-])c1N. The number of carboxylic acid groups (broad SMARTS) is 1. The van der Waals surface area contributed by atoms with Crippen LogP contribution >= 0.6 is 0 Å². The van der Waals surface area contributed by atoms with Crippen molar-refractivity contribution in [1.82, 2.24) is 0 Å². The lowest BCUT2D eigenvalue weighted by Crippen LogP contribution is -2.07. The number of nitro benzene ring substituents is 1. The molecule has 1 aromatic carbocycles. The van der Waals surface area contributed by atoms with Crippen LogP contribution in [0, 0.1) is 24.0 Å². The minimum absolute atomic E-state index is 0.0162. The van der Waals surface area contributed by atoms with Gasteiger partial charge in [0.2, 0.25) is 0 Å². The van der Waals surface area contributed by atoms with E-state index in [9.17, 15) is 14.9 Å². The molecular formula is C9H10N2O4. The number of nitrogens with two attached hydrogens (primary N) is 1. The lowest BCUT2D eigenvalue weighted by atomic mass is 10.0. The molecule has 0 radical (unpaired) electrons. The first kappa shape index (κ1) is 11.0. The second-order valence-corrected chi connectivity index (χ2v) is 3.19. The molecule has 6 nitrogen and oxygen atoms in total. The van der Waals surface area contributed by atoms with Gasteiger partial charge in [0.1, 0.15) is 5.69 Å². The second kappa shape index (κ2) is 3.56. The maximum Gasteiger partial charge on any atom is 0.336 e. The summed E-state index contributed by atoms with van der Waals surface area (Å²) in [5.41, 5.74) is 5.59. The highest BCUT2D eigenvalue weighted by atomic mass is 16.6. The van der Waals surface area contributed by atoms with E-state index >= 15 is 0 Å². The predicted octanol–water partition coefficient (Wildman–Crippen LogP) is 1.49. The smallest absolute Gasteiger partial charge is 0.336 e. The van der Waals surface area contributed by atoms with Gasteiger partial charge in [0, 0.05) is 5.56 Å². The maximum atomic E-state index is 10.8.